The van der Waals surface area contributed by atoms with Crippen LogP contribution in [0.25, 0.3) is 122 Å². The molecule has 0 fully saturated rings. The summed E-state index contributed by atoms with van der Waals surface area (Å²) >= 11 is 0. The van der Waals surface area contributed by atoms with E-state index in [1.165, 1.54) is 0 Å². The molecule has 0 aliphatic carbocycles. The zero-order valence-corrected chi connectivity index (χ0v) is 47.0. The van der Waals surface area contributed by atoms with Gasteiger partial charge in [-0.15, -0.1) is 0 Å². The van der Waals surface area contributed by atoms with Crippen molar-refractivity contribution in [1.29, 1.82) is 0 Å². The summed E-state index contributed by atoms with van der Waals surface area (Å²) < 4.78 is 5.48. The van der Waals surface area contributed by atoms with Crippen molar-refractivity contribution in [2.75, 3.05) is 13.7 Å². The van der Waals surface area contributed by atoms with Crippen molar-refractivity contribution in [3.05, 3.63) is 198 Å². The summed E-state index contributed by atoms with van der Waals surface area (Å²) in [5.41, 5.74) is 16.2. The Balaban J connectivity index is 0.648. The number of benzene rings is 4. The van der Waals surface area contributed by atoms with E-state index in [2.05, 4.69) is 55.4 Å². The number of hydrogen-bond donors (Lipinski definition) is 6. The van der Waals surface area contributed by atoms with Crippen LogP contribution in [0.3, 0.4) is 0 Å². The lowest BCUT2D eigenvalue weighted by Crippen LogP contribution is -2.19. The Bertz CT molecular complexity index is 5250. The van der Waals surface area contributed by atoms with E-state index >= 15 is 0 Å². The van der Waals surface area contributed by atoms with Crippen molar-refractivity contribution in [2.45, 2.75) is 38.5 Å². The summed E-state index contributed by atoms with van der Waals surface area (Å²) in [4.78, 5) is 89.6. The van der Waals surface area contributed by atoms with Gasteiger partial charge < -0.3 is 19.7 Å². The molecule has 4 aromatic carbocycles. The highest BCUT2D eigenvalue weighted by atomic mass is 16.5. The lowest BCUT2D eigenvalue weighted by molar-refractivity contribution is 0.0877. The first-order valence-corrected chi connectivity index (χ1v) is 28.1. The molecule has 0 saturated carbocycles. The molecule has 0 spiro atoms. The van der Waals surface area contributed by atoms with Crippen molar-refractivity contribution < 1.29 is 19.1 Å². The molecular weight excluding hydrogens is 1090 g/mol. The minimum atomic E-state index is -0.670. The predicted octanol–water partition coefficient (Wildman–Crippen LogP) is 12.1. The van der Waals surface area contributed by atoms with E-state index in [0.717, 1.165) is 66.2 Å². The first kappa shape index (κ1) is 52.2. The molecule has 11 aromatic heterocycles. The second kappa shape index (κ2) is 20.9. The lowest BCUT2D eigenvalue weighted by atomic mass is 9.94. The number of nitrogens with zero attached hydrogens (tertiary/aromatic N) is 11. The molecular formula is C66H49N17O4. The van der Waals surface area contributed by atoms with Gasteiger partial charge in [-0.05, 0) is 123 Å². The summed E-state index contributed by atoms with van der Waals surface area (Å²) in [6, 6.07) is 41.8. The van der Waals surface area contributed by atoms with Crippen molar-refractivity contribution in [2.24, 2.45) is 0 Å². The van der Waals surface area contributed by atoms with Gasteiger partial charge in [0.15, 0.2) is 17.5 Å². The van der Waals surface area contributed by atoms with Crippen LogP contribution in [-0.2, 0) is 4.74 Å². The molecule has 15 aromatic rings. The number of hydrogen-bond acceptors (Lipinski definition) is 15. The fourth-order valence-corrected chi connectivity index (χ4v) is 11.4. The summed E-state index contributed by atoms with van der Waals surface area (Å²) in [6.07, 6.45) is 6.85. The van der Waals surface area contributed by atoms with Crippen LogP contribution < -0.4 is 0 Å². The molecule has 21 nitrogen and oxygen atoms in total. The zero-order valence-electron chi connectivity index (χ0n) is 47.0. The molecule has 15 rings (SSSR count). The third-order valence-corrected chi connectivity index (χ3v) is 16.0. The minimum Gasteiger partial charge on any atom is -0.384 e. The monoisotopic (exact) mass is 1140 g/mol. The number of Topliss-reactive ketones (excluding diaryl/α,β-unsaturated/α-hetero) is 3. The van der Waals surface area contributed by atoms with E-state index in [4.69, 9.17) is 34.8 Å². The molecule has 422 valence electrons. The van der Waals surface area contributed by atoms with Crippen LogP contribution in [0.15, 0.2) is 158 Å². The molecule has 0 saturated heterocycles. The van der Waals surface area contributed by atoms with Gasteiger partial charge in [0.2, 0.25) is 17.3 Å². The van der Waals surface area contributed by atoms with E-state index in [1.54, 1.807) is 31.9 Å². The number of ketones is 3. The number of aromatic nitrogens is 17. The molecule has 87 heavy (non-hydrogen) atoms. The van der Waals surface area contributed by atoms with Gasteiger partial charge in [-0.1, -0.05) is 42.0 Å². The smallest absolute Gasteiger partial charge is 0.207 e. The van der Waals surface area contributed by atoms with Crippen LogP contribution >= 0.6 is 0 Å². The van der Waals surface area contributed by atoms with Gasteiger partial charge in [-0.25, -0.2) is 15.0 Å². The number of aromatic amines is 6. The standard InChI is InChI=1S/C66H49N17O4/c1-32-8-5-9-36(22-32)42(31-87-4)63(86)66-74-54-27-41-49(30-57(54)77-66)80-83-60(41)38-17-21-69-51(24-38)46-13-7-11-44(71-46)34(3)62(85)65-73-53-26-40-48(29-56(53)76-65)79-82-59(40)37-16-20-68-50(23-37)45-12-6-10-43(70-45)33(2)61(84)64-72-52-25-39-47(28-55(52)75-64)78-81-58(39)35-14-18-67-19-15-35/h5-30,33-34,42H,31H2,1-4H3,(H,72,75)(H,73,76)(H,74,77)(H,78,81)(H,79,82)(H,80,83)/t33-,34+,42-/m1/s1. The number of methoxy groups -OCH3 is 1. The fourth-order valence-electron chi connectivity index (χ4n) is 11.4. The van der Waals surface area contributed by atoms with E-state index < -0.39 is 17.8 Å². The normalized spacial score (nSPS) is 12.9. The van der Waals surface area contributed by atoms with Gasteiger partial charge in [0.25, 0.3) is 0 Å². The third kappa shape index (κ3) is 9.34. The highest BCUT2D eigenvalue weighted by Gasteiger charge is 2.28. The topological polar surface area (TPSA) is 297 Å². The summed E-state index contributed by atoms with van der Waals surface area (Å²) in [5.74, 6) is -1.76. The van der Waals surface area contributed by atoms with E-state index in [9.17, 15) is 14.4 Å². The zero-order chi connectivity index (χ0) is 59.0. The number of imidazole rings is 3. The number of aryl methyl sites for hydroxylation is 1. The van der Waals surface area contributed by atoms with Crippen LogP contribution in [0.2, 0.25) is 0 Å². The van der Waals surface area contributed by atoms with Gasteiger partial charge in [-0.3, -0.25) is 54.6 Å². The van der Waals surface area contributed by atoms with Crippen LogP contribution in [0.1, 0.15) is 86.0 Å². The van der Waals surface area contributed by atoms with Gasteiger partial charge >= 0.3 is 0 Å². The molecule has 6 N–H and O–H groups in total. The number of carbonyl (C=O) groups is 3. The molecule has 0 aliphatic rings. The van der Waals surface area contributed by atoms with Crippen LogP contribution in [0.4, 0.5) is 0 Å². The number of rotatable bonds is 16. The SMILES string of the molecule is COC[C@@H](C(=O)c1nc2cc3c(-c4ccnc(-c5cccc([C@H](C)C(=O)c6nc7cc8c(-c9ccnc(-c%10cccc([C@@H](C)C(=O)c%11nc%12cc%13c(-c%14ccncc%14)n[nH]c%13cc%12[nH]%11)n%10)c9)n[nH]c8cc7[nH]6)n5)c4)n[nH]c3cc2[nH]1)c1cccc(C)c1. The van der Waals surface area contributed by atoms with Crippen LogP contribution in [0, 0.1) is 6.92 Å². The second-order valence-corrected chi connectivity index (χ2v) is 21.7. The Kier molecular flexibility index (Phi) is 12.6. The second-order valence-electron chi connectivity index (χ2n) is 21.7. The molecule has 3 atom stereocenters. The van der Waals surface area contributed by atoms with Gasteiger partial charge in [0, 0.05) is 64.7 Å². The van der Waals surface area contributed by atoms with Crippen molar-refractivity contribution in [1.82, 2.24) is 85.4 Å². The van der Waals surface area contributed by atoms with E-state index in [1.807, 2.05) is 154 Å². The Hall–Kier alpha value is -11.6. The highest BCUT2D eigenvalue weighted by Crippen LogP contribution is 2.36. The number of ether oxygens (including phenoxy) is 1. The summed E-state index contributed by atoms with van der Waals surface area (Å²) in [5, 5.41) is 25.8. The molecule has 0 aliphatic heterocycles. The third-order valence-electron chi connectivity index (χ3n) is 16.0. The Morgan fingerprint density at radius 2 is 0.885 bits per heavy atom. The van der Waals surface area contributed by atoms with Crippen molar-refractivity contribution in [3.8, 4) is 56.5 Å². The quantitative estimate of drug-likeness (QED) is 0.0490. The summed E-state index contributed by atoms with van der Waals surface area (Å²) in [6.45, 7) is 5.84. The van der Waals surface area contributed by atoms with E-state index in [0.29, 0.717) is 78.7 Å². The number of H-pyrrole nitrogens is 6. The Labute approximate surface area is 492 Å². The first-order chi connectivity index (χ1) is 42.5. The first-order valence-electron chi connectivity index (χ1n) is 28.1. The van der Waals surface area contributed by atoms with Crippen LogP contribution in [0.5, 0.6) is 0 Å². The predicted molar refractivity (Wildman–Crippen MR) is 329 cm³/mol. The largest absolute Gasteiger partial charge is 0.384 e. The van der Waals surface area contributed by atoms with Gasteiger partial charge in [0.1, 0.15) is 17.1 Å². The van der Waals surface area contributed by atoms with E-state index in [-0.39, 0.29) is 41.4 Å². The van der Waals surface area contributed by atoms with Crippen LogP contribution in [-0.4, -0.2) is 116 Å². The maximum absolute atomic E-state index is 14.3. The number of fused-ring (bicyclic) bond motifs is 6. The van der Waals surface area contributed by atoms with Gasteiger partial charge in [0.05, 0.1) is 108 Å². The lowest BCUT2D eigenvalue weighted by Gasteiger charge is -2.14. The molecule has 0 amide bonds. The number of carbonyl (C=O) groups excluding carboxylic acids is 3. The number of nitrogens with one attached hydrogen (secondary N) is 6. The Morgan fingerprint density at radius 1 is 0.448 bits per heavy atom. The summed E-state index contributed by atoms with van der Waals surface area (Å²) in [7, 11) is 1.59. The Morgan fingerprint density at radius 3 is 1.34 bits per heavy atom. The average Bonchev–Trinajstić information content (AvgIpc) is 1.89. The van der Waals surface area contributed by atoms with Crippen molar-refractivity contribution in [3.63, 3.8) is 0 Å². The minimum absolute atomic E-state index is 0.164. The highest BCUT2D eigenvalue weighted by molar-refractivity contribution is 6.07. The van der Waals surface area contributed by atoms with Gasteiger partial charge in [-0.2, -0.15) is 15.3 Å². The maximum Gasteiger partial charge on any atom is 0.207 e. The fraction of sp³-hybridized carbons (Fsp3) is 0.121. The molecule has 21 heteroatoms. The molecule has 0 bridgehead atoms. The maximum atomic E-state index is 14.3. The molecule has 11 heterocycles. The number of pyridine rings is 5. The molecule has 0 radical (unpaired) electrons. The average molecular weight is 1140 g/mol. The van der Waals surface area contributed by atoms with Crippen molar-refractivity contribution >= 4 is 83.2 Å². The molecule has 0 unspecified atom stereocenters.